The Bertz CT molecular complexity index is 1020. The van der Waals surface area contributed by atoms with Crippen LogP contribution in [0.5, 0.6) is 0 Å². The summed E-state index contributed by atoms with van der Waals surface area (Å²) < 4.78 is 1.83. The second kappa shape index (κ2) is 6.08. The van der Waals surface area contributed by atoms with Crippen LogP contribution in [-0.2, 0) is 6.42 Å². The average molecular weight is 337 g/mol. The van der Waals surface area contributed by atoms with Gasteiger partial charge in [0.05, 0.1) is 11.4 Å². The minimum atomic E-state index is -0.200. The van der Waals surface area contributed by atoms with E-state index in [1.807, 2.05) is 22.6 Å². The number of rotatable bonds is 4. The van der Waals surface area contributed by atoms with Crippen molar-refractivity contribution in [3.63, 3.8) is 0 Å². The third-order valence-corrected chi connectivity index (χ3v) is 4.47. The first kappa shape index (κ1) is 15.4. The first-order valence-electron chi connectivity index (χ1n) is 8.43. The number of hydrogen-bond acceptors (Lipinski definition) is 3. The van der Waals surface area contributed by atoms with Crippen LogP contribution in [0.1, 0.15) is 31.0 Å². The van der Waals surface area contributed by atoms with Gasteiger partial charge in [0.1, 0.15) is 0 Å². The van der Waals surface area contributed by atoms with Crippen LogP contribution in [0.25, 0.3) is 16.9 Å². The maximum absolute atomic E-state index is 12.1. The number of benzene rings is 1. The van der Waals surface area contributed by atoms with E-state index in [2.05, 4.69) is 27.5 Å². The Labute approximate surface area is 144 Å². The van der Waals surface area contributed by atoms with Gasteiger partial charge in [-0.05, 0) is 24.1 Å². The fraction of sp³-hybridized carbons (Fsp3) is 0.278. The predicted molar refractivity (Wildman–Crippen MR) is 96.0 cm³/mol. The molecular formula is C18H19N5O2. The third kappa shape index (κ3) is 2.67. The Morgan fingerprint density at radius 2 is 2.28 bits per heavy atom. The molecule has 0 spiro atoms. The van der Waals surface area contributed by atoms with E-state index in [0.717, 1.165) is 41.0 Å². The van der Waals surface area contributed by atoms with E-state index in [1.54, 1.807) is 12.4 Å². The number of hydrogen-bond donors (Lipinski definition) is 3. The zero-order valence-electron chi connectivity index (χ0n) is 13.9. The number of fused-ring (bicyclic) bond motifs is 5. The molecule has 1 aliphatic carbocycles. The van der Waals surface area contributed by atoms with Gasteiger partial charge in [-0.2, -0.15) is 0 Å². The lowest BCUT2D eigenvalue weighted by molar-refractivity contribution is 0.252. The molecular weight excluding hydrogens is 318 g/mol. The fourth-order valence-corrected chi connectivity index (χ4v) is 3.24. The molecule has 2 amide bonds. The zero-order chi connectivity index (χ0) is 17.4. The molecule has 0 saturated heterocycles. The second-order valence-corrected chi connectivity index (χ2v) is 6.18. The van der Waals surface area contributed by atoms with Crippen molar-refractivity contribution < 1.29 is 4.79 Å². The topological polar surface area (TPSA) is 91.3 Å². The molecule has 1 aromatic carbocycles. The number of imidazole rings is 1. The standard InChI is InChI=1S/C18H19N5O2/c1-2-3-6-20-18(25)21-12-4-5-13-11(9-12)10-14-15(13)22-17(24)16-19-7-8-23(14)16/h4-5,7-9H,2-3,6,10H2,1H3,(H,22,24)(H2,20,21,25). The number of aromatic amines is 1. The maximum atomic E-state index is 12.1. The van der Waals surface area contributed by atoms with Crippen LogP contribution >= 0.6 is 0 Å². The average Bonchev–Trinajstić information content (AvgIpc) is 3.20. The lowest BCUT2D eigenvalue weighted by atomic mass is 10.1. The summed E-state index contributed by atoms with van der Waals surface area (Å²) in [5.41, 5.74) is 4.83. The van der Waals surface area contributed by atoms with Crippen LogP contribution in [0.15, 0.2) is 35.4 Å². The molecule has 25 heavy (non-hydrogen) atoms. The van der Waals surface area contributed by atoms with Crippen LogP contribution in [-0.4, -0.2) is 26.9 Å². The number of nitrogens with one attached hydrogen (secondary N) is 3. The summed E-state index contributed by atoms with van der Waals surface area (Å²) >= 11 is 0. The smallest absolute Gasteiger partial charge is 0.319 e. The van der Waals surface area contributed by atoms with Crippen molar-refractivity contribution in [2.75, 3.05) is 11.9 Å². The molecule has 3 aromatic rings. The molecule has 1 aliphatic rings. The number of aromatic nitrogens is 3. The molecule has 0 atom stereocenters. The van der Waals surface area contributed by atoms with Gasteiger partial charge in [-0.15, -0.1) is 0 Å². The van der Waals surface area contributed by atoms with Gasteiger partial charge in [0.25, 0.3) is 5.56 Å². The Balaban J connectivity index is 1.61. The maximum Gasteiger partial charge on any atom is 0.319 e. The Morgan fingerprint density at radius 3 is 3.12 bits per heavy atom. The van der Waals surface area contributed by atoms with Crippen LogP contribution in [0.3, 0.4) is 0 Å². The number of carbonyl (C=O) groups excluding carboxylic acids is 1. The highest BCUT2D eigenvalue weighted by atomic mass is 16.2. The lowest BCUT2D eigenvalue weighted by Gasteiger charge is -2.08. The molecule has 2 aromatic heterocycles. The van der Waals surface area contributed by atoms with E-state index in [9.17, 15) is 9.59 Å². The van der Waals surface area contributed by atoms with E-state index in [0.29, 0.717) is 18.6 Å². The van der Waals surface area contributed by atoms with Gasteiger partial charge in [-0.25, -0.2) is 9.78 Å². The summed E-state index contributed by atoms with van der Waals surface area (Å²) in [6.45, 7) is 2.75. The molecule has 0 radical (unpaired) electrons. The number of carbonyl (C=O) groups is 1. The largest absolute Gasteiger partial charge is 0.338 e. The summed E-state index contributed by atoms with van der Waals surface area (Å²) in [6, 6.07) is 5.54. The summed E-state index contributed by atoms with van der Waals surface area (Å²) in [4.78, 5) is 31.1. The molecule has 3 N–H and O–H groups in total. The molecule has 2 heterocycles. The summed E-state index contributed by atoms with van der Waals surface area (Å²) in [5, 5.41) is 5.69. The lowest BCUT2D eigenvalue weighted by Crippen LogP contribution is -2.29. The molecule has 0 bridgehead atoms. The van der Waals surface area contributed by atoms with Gasteiger partial charge in [-0.3, -0.25) is 9.20 Å². The van der Waals surface area contributed by atoms with Gasteiger partial charge >= 0.3 is 6.03 Å². The highest BCUT2D eigenvalue weighted by Crippen LogP contribution is 2.35. The van der Waals surface area contributed by atoms with Crippen molar-refractivity contribution in [2.45, 2.75) is 26.2 Å². The molecule has 7 nitrogen and oxygen atoms in total. The van der Waals surface area contributed by atoms with Crippen LogP contribution in [0, 0.1) is 0 Å². The number of amides is 2. The number of urea groups is 1. The monoisotopic (exact) mass is 337 g/mol. The molecule has 4 rings (SSSR count). The molecule has 0 unspecified atom stereocenters. The van der Waals surface area contributed by atoms with Crippen molar-refractivity contribution in [3.8, 4) is 11.3 Å². The molecule has 128 valence electrons. The minimum absolute atomic E-state index is 0.200. The second-order valence-electron chi connectivity index (χ2n) is 6.18. The van der Waals surface area contributed by atoms with Gasteiger partial charge in [0.15, 0.2) is 0 Å². The van der Waals surface area contributed by atoms with Crippen molar-refractivity contribution in [3.05, 3.63) is 52.2 Å². The Kier molecular flexibility index (Phi) is 3.76. The quantitative estimate of drug-likeness (QED) is 0.500. The fourth-order valence-electron chi connectivity index (χ4n) is 3.24. The molecule has 0 aliphatic heterocycles. The summed E-state index contributed by atoms with van der Waals surface area (Å²) in [6.07, 6.45) is 6.11. The SMILES string of the molecule is CCCCNC(=O)Nc1ccc2c(c1)Cc1c-2[nH]c(=O)c2nccn12. The van der Waals surface area contributed by atoms with Crippen molar-refractivity contribution in [1.82, 2.24) is 19.7 Å². The van der Waals surface area contributed by atoms with E-state index in [1.165, 1.54) is 0 Å². The van der Waals surface area contributed by atoms with Gasteiger partial charge in [0.2, 0.25) is 5.65 Å². The highest BCUT2D eigenvalue weighted by Gasteiger charge is 2.23. The first-order valence-corrected chi connectivity index (χ1v) is 8.43. The highest BCUT2D eigenvalue weighted by molar-refractivity contribution is 5.90. The number of unbranched alkanes of at least 4 members (excludes halogenated alkanes) is 1. The number of H-pyrrole nitrogens is 1. The third-order valence-electron chi connectivity index (χ3n) is 4.47. The molecule has 0 saturated carbocycles. The van der Waals surface area contributed by atoms with Crippen molar-refractivity contribution >= 4 is 17.4 Å². The van der Waals surface area contributed by atoms with E-state index < -0.39 is 0 Å². The van der Waals surface area contributed by atoms with Crippen LogP contribution < -0.4 is 16.2 Å². The van der Waals surface area contributed by atoms with Crippen LogP contribution in [0.4, 0.5) is 10.5 Å². The number of nitrogens with zero attached hydrogens (tertiary/aromatic N) is 2. The minimum Gasteiger partial charge on any atom is -0.338 e. The summed E-state index contributed by atoms with van der Waals surface area (Å²) in [7, 11) is 0. The zero-order valence-corrected chi connectivity index (χ0v) is 13.9. The van der Waals surface area contributed by atoms with Crippen LogP contribution in [0.2, 0.25) is 0 Å². The first-order chi connectivity index (χ1) is 12.2. The summed E-state index contributed by atoms with van der Waals surface area (Å²) in [5.74, 6) is 0. The Hall–Kier alpha value is -3.09. The normalized spacial score (nSPS) is 12.0. The van der Waals surface area contributed by atoms with E-state index >= 15 is 0 Å². The van der Waals surface area contributed by atoms with Crippen molar-refractivity contribution in [1.29, 1.82) is 0 Å². The van der Waals surface area contributed by atoms with E-state index in [-0.39, 0.29) is 11.6 Å². The van der Waals surface area contributed by atoms with Gasteiger partial charge < -0.3 is 15.6 Å². The van der Waals surface area contributed by atoms with E-state index in [4.69, 9.17) is 0 Å². The van der Waals surface area contributed by atoms with Gasteiger partial charge in [-0.1, -0.05) is 19.4 Å². The predicted octanol–water partition coefficient (Wildman–Crippen LogP) is 2.52. The Morgan fingerprint density at radius 1 is 1.40 bits per heavy atom. The molecule has 0 fully saturated rings. The van der Waals surface area contributed by atoms with Crippen molar-refractivity contribution in [2.24, 2.45) is 0 Å². The van der Waals surface area contributed by atoms with Gasteiger partial charge in [0, 0.05) is 36.6 Å². The number of anilines is 1. The molecule has 7 heteroatoms.